The zero-order valence-corrected chi connectivity index (χ0v) is 16.1. The van der Waals surface area contributed by atoms with Crippen LogP contribution in [-0.2, 0) is 0 Å². The fourth-order valence-electron chi connectivity index (χ4n) is 4.12. The highest BCUT2D eigenvalue weighted by Gasteiger charge is 2.37. The van der Waals surface area contributed by atoms with Crippen LogP contribution >= 0.6 is 11.6 Å². The monoisotopic (exact) mass is 396 g/mol. The average Bonchev–Trinajstić information content (AvgIpc) is 2.73. The maximum absolute atomic E-state index is 12.9. The van der Waals surface area contributed by atoms with Crippen LogP contribution in [0, 0.1) is 11.8 Å². The summed E-state index contributed by atoms with van der Waals surface area (Å²) in [5.41, 5.74) is 0.980. The number of ether oxygens (including phenoxy) is 1. The van der Waals surface area contributed by atoms with E-state index < -0.39 is 5.78 Å². The second-order valence-electron chi connectivity index (χ2n) is 7.45. The molecule has 2 aliphatic carbocycles. The third-order valence-corrected chi connectivity index (χ3v) is 5.94. The Labute approximate surface area is 168 Å². The number of halogens is 1. The van der Waals surface area contributed by atoms with Gasteiger partial charge in [0.05, 0.1) is 6.61 Å². The van der Waals surface area contributed by atoms with Crippen LogP contribution in [0.4, 0.5) is 0 Å². The van der Waals surface area contributed by atoms with Crippen molar-refractivity contribution in [3.63, 3.8) is 0 Å². The van der Waals surface area contributed by atoms with E-state index in [9.17, 15) is 14.7 Å². The Kier molecular flexibility index (Phi) is 5.23. The summed E-state index contributed by atoms with van der Waals surface area (Å²) in [6.45, 7) is 0.606. The van der Waals surface area contributed by atoms with E-state index in [2.05, 4.69) is 0 Å². The number of aliphatic hydroxyl groups is 1. The summed E-state index contributed by atoms with van der Waals surface area (Å²) in [5.74, 6) is 0.0565. The standard InChI is InChI=1S/C23H21ClO4/c24-16-9-11-17(12-10-16)28-13-14-5-7-15(8-6-14)20-21(25)18-3-1-2-4-19(18)22(26)23(20)27/h1-4,9-12,14-15,27H,5-8,13H2. The molecule has 0 heterocycles. The van der Waals surface area contributed by atoms with Crippen molar-refractivity contribution < 1.29 is 19.4 Å². The molecule has 1 saturated carbocycles. The van der Waals surface area contributed by atoms with Crippen LogP contribution in [0.3, 0.4) is 0 Å². The summed E-state index contributed by atoms with van der Waals surface area (Å²) in [7, 11) is 0. The van der Waals surface area contributed by atoms with Gasteiger partial charge in [-0.15, -0.1) is 0 Å². The quantitative estimate of drug-likeness (QED) is 0.749. The number of benzene rings is 2. The Morgan fingerprint density at radius 3 is 2.14 bits per heavy atom. The second kappa shape index (κ2) is 7.80. The lowest BCUT2D eigenvalue weighted by molar-refractivity contribution is 0.0909. The van der Waals surface area contributed by atoms with Crippen molar-refractivity contribution in [3.8, 4) is 5.75 Å². The van der Waals surface area contributed by atoms with Crippen molar-refractivity contribution in [2.45, 2.75) is 25.7 Å². The summed E-state index contributed by atoms with van der Waals surface area (Å²) in [5, 5.41) is 11.1. The Hall–Kier alpha value is -2.59. The molecule has 4 rings (SSSR count). The molecule has 2 aromatic carbocycles. The topological polar surface area (TPSA) is 63.6 Å². The van der Waals surface area contributed by atoms with Crippen LogP contribution in [-0.4, -0.2) is 23.3 Å². The van der Waals surface area contributed by atoms with Gasteiger partial charge in [-0.25, -0.2) is 0 Å². The lowest BCUT2D eigenvalue weighted by Gasteiger charge is -2.31. The molecule has 0 radical (unpaired) electrons. The molecular weight excluding hydrogens is 376 g/mol. The molecule has 0 unspecified atom stereocenters. The smallest absolute Gasteiger partial charge is 0.228 e. The molecule has 0 aromatic heterocycles. The number of ketones is 2. The molecule has 4 nitrogen and oxygen atoms in total. The zero-order valence-electron chi connectivity index (χ0n) is 15.4. The van der Waals surface area contributed by atoms with Crippen LogP contribution in [0.2, 0.25) is 5.02 Å². The minimum atomic E-state index is -0.446. The zero-order chi connectivity index (χ0) is 19.7. The first-order valence-electron chi connectivity index (χ1n) is 9.54. The minimum absolute atomic E-state index is 0.0865. The van der Waals surface area contributed by atoms with Gasteiger partial charge in [-0.3, -0.25) is 9.59 Å². The van der Waals surface area contributed by atoms with Gasteiger partial charge in [0.15, 0.2) is 11.5 Å². The molecule has 0 bridgehead atoms. The van der Waals surface area contributed by atoms with Crippen LogP contribution in [0.25, 0.3) is 0 Å². The summed E-state index contributed by atoms with van der Waals surface area (Å²) >= 11 is 5.88. The van der Waals surface area contributed by atoms with E-state index in [1.165, 1.54) is 0 Å². The highest BCUT2D eigenvalue weighted by atomic mass is 35.5. The van der Waals surface area contributed by atoms with Gasteiger partial charge in [0.1, 0.15) is 5.75 Å². The van der Waals surface area contributed by atoms with Crippen LogP contribution in [0.1, 0.15) is 46.4 Å². The van der Waals surface area contributed by atoms with Crippen molar-refractivity contribution in [1.29, 1.82) is 0 Å². The summed E-state index contributed by atoms with van der Waals surface area (Å²) in [6, 6.07) is 14.0. The van der Waals surface area contributed by atoms with E-state index in [1.807, 2.05) is 12.1 Å². The van der Waals surface area contributed by atoms with Crippen molar-refractivity contribution >= 4 is 23.2 Å². The largest absolute Gasteiger partial charge is 0.504 e. The molecule has 0 aliphatic heterocycles. The molecule has 0 spiro atoms. The van der Waals surface area contributed by atoms with E-state index in [1.54, 1.807) is 36.4 Å². The molecule has 1 fully saturated rings. The van der Waals surface area contributed by atoms with Gasteiger partial charge in [-0.1, -0.05) is 35.9 Å². The number of allylic oxidation sites excluding steroid dienone is 2. The van der Waals surface area contributed by atoms with Crippen LogP contribution in [0.5, 0.6) is 5.75 Å². The molecule has 2 aliphatic rings. The summed E-state index contributed by atoms with van der Waals surface area (Å²) < 4.78 is 5.85. The second-order valence-corrected chi connectivity index (χ2v) is 7.89. The first kappa shape index (κ1) is 18.8. The molecule has 0 amide bonds. The van der Waals surface area contributed by atoms with Crippen LogP contribution < -0.4 is 4.74 Å². The predicted molar refractivity (Wildman–Crippen MR) is 107 cm³/mol. The fourth-order valence-corrected chi connectivity index (χ4v) is 4.25. The molecule has 28 heavy (non-hydrogen) atoms. The third-order valence-electron chi connectivity index (χ3n) is 5.69. The van der Waals surface area contributed by atoms with Gasteiger partial charge in [0, 0.05) is 21.7 Å². The molecular formula is C23H21ClO4. The number of carbonyl (C=O) groups is 2. The molecule has 2 aromatic rings. The minimum Gasteiger partial charge on any atom is -0.504 e. The maximum atomic E-state index is 12.9. The first-order chi connectivity index (χ1) is 13.5. The van der Waals surface area contributed by atoms with Crippen molar-refractivity contribution in [3.05, 3.63) is 76.0 Å². The number of carbonyl (C=O) groups excluding carboxylic acids is 2. The van der Waals surface area contributed by atoms with E-state index in [-0.39, 0.29) is 17.5 Å². The first-order valence-corrected chi connectivity index (χ1v) is 9.92. The molecule has 0 atom stereocenters. The van der Waals surface area contributed by atoms with Crippen LogP contribution in [0.15, 0.2) is 59.9 Å². The Bertz CT molecular complexity index is 937. The normalized spacial score (nSPS) is 22.2. The Morgan fingerprint density at radius 1 is 0.893 bits per heavy atom. The van der Waals surface area contributed by atoms with Gasteiger partial charge in [-0.05, 0) is 61.8 Å². The number of fused-ring (bicyclic) bond motifs is 1. The van der Waals surface area contributed by atoms with Crippen molar-refractivity contribution in [2.75, 3.05) is 6.61 Å². The van der Waals surface area contributed by atoms with Gasteiger partial charge >= 0.3 is 0 Å². The average molecular weight is 397 g/mol. The van der Waals surface area contributed by atoms with E-state index in [0.717, 1.165) is 31.4 Å². The molecule has 0 saturated heterocycles. The van der Waals surface area contributed by atoms with Gasteiger partial charge < -0.3 is 9.84 Å². The number of aliphatic hydroxyl groups excluding tert-OH is 1. The molecule has 5 heteroatoms. The number of Topliss-reactive ketones (excluding diaryl/α,β-unsaturated/α-hetero) is 2. The van der Waals surface area contributed by atoms with E-state index in [4.69, 9.17) is 16.3 Å². The molecule has 1 N–H and O–H groups in total. The maximum Gasteiger partial charge on any atom is 0.228 e. The SMILES string of the molecule is O=C1C(O)=C(C2CCC(COc3ccc(Cl)cc3)CC2)C(=O)c2ccccc21. The van der Waals surface area contributed by atoms with E-state index >= 15 is 0 Å². The van der Waals surface area contributed by atoms with Gasteiger partial charge in [0.2, 0.25) is 5.78 Å². The lowest BCUT2D eigenvalue weighted by Crippen LogP contribution is -2.29. The van der Waals surface area contributed by atoms with Gasteiger partial charge in [0.25, 0.3) is 0 Å². The third kappa shape index (κ3) is 3.57. The molecule has 144 valence electrons. The lowest BCUT2D eigenvalue weighted by atomic mass is 9.73. The fraction of sp³-hybridized carbons (Fsp3) is 0.304. The number of hydrogen-bond acceptors (Lipinski definition) is 4. The Morgan fingerprint density at radius 2 is 1.50 bits per heavy atom. The van der Waals surface area contributed by atoms with Gasteiger partial charge in [-0.2, -0.15) is 0 Å². The van der Waals surface area contributed by atoms with E-state index in [0.29, 0.717) is 34.2 Å². The Balaban J connectivity index is 1.41. The highest BCUT2D eigenvalue weighted by molar-refractivity contribution is 6.30. The highest BCUT2D eigenvalue weighted by Crippen LogP contribution is 2.38. The number of hydrogen-bond donors (Lipinski definition) is 1. The summed E-state index contributed by atoms with van der Waals surface area (Å²) in [6.07, 6.45) is 3.29. The van der Waals surface area contributed by atoms with Crippen molar-refractivity contribution in [2.24, 2.45) is 11.8 Å². The number of rotatable bonds is 4. The van der Waals surface area contributed by atoms with Crippen molar-refractivity contribution in [1.82, 2.24) is 0 Å². The summed E-state index contributed by atoms with van der Waals surface area (Å²) in [4.78, 5) is 25.4. The predicted octanol–water partition coefficient (Wildman–Crippen LogP) is 5.42.